The van der Waals surface area contributed by atoms with E-state index in [1.165, 1.54) is 0 Å². The zero-order chi connectivity index (χ0) is 12.0. The van der Waals surface area contributed by atoms with E-state index >= 15 is 0 Å². The minimum absolute atomic E-state index is 0.136. The molecular formula is C11H22N2O3. The molecule has 1 aliphatic heterocycles. The summed E-state index contributed by atoms with van der Waals surface area (Å²) >= 11 is 0. The number of unbranched alkanes of at least 4 members (excludes halogenated alkanes) is 2. The van der Waals surface area contributed by atoms with E-state index in [4.69, 9.17) is 5.73 Å². The van der Waals surface area contributed by atoms with Gasteiger partial charge in [-0.25, -0.2) is 0 Å². The van der Waals surface area contributed by atoms with Crippen LogP contribution in [0.25, 0.3) is 0 Å². The summed E-state index contributed by atoms with van der Waals surface area (Å²) < 4.78 is 0. The van der Waals surface area contributed by atoms with Gasteiger partial charge in [-0.15, -0.1) is 0 Å². The van der Waals surface area contributed by atoms with Crippen LogP contribution in [0.15, 0.2) is 0 Å². The average Bonchev–Trinajstić information content (AvgIpc) is 2.70. The van der Waals surface area contributed by atoms with Crippen molar-refractivity contribution < 1.29 is 15.0 Å². The molecule has 0 radical (unpaired) electrons. The largest absolute Gasteiger partial charge is 0.392 e. The van der Waals surface area contributed by atoms with Crippen molar-refractivity contribution in [1.29, 1.82) is 0 Å². The normalized spacial score (nSPS) is 26.9. The van der Waals surface area contributed by atoms with Crippen LogP contribution in [0.5, 0.6) is 0 Å². The van der Waals surface area contributed by atoms with Gasteiger partial charge in [0.2, 0.25) is 0 Å². The third kappa shape index (κ3) is 4.17. The number of hydrogen-bond donors (Lipinski definition) is 4. The molecule has 5 heteroatoms. The first-order valence-electron chi connectivity index (χ1n) is 5.97. The second kappa shape index (κ2) is 6.96. The molecule has 1 fully saturated rings. The van der Waals surface area contributed by atoms with Crippen LogP contribution in [0, 0.1) is 0 Å². The van der Waals surface area contributed by atoms with Gasteiger partial charge in [0, 0.05) is 19.0 Å². The summed E-state index contributed by atoms with van der Waals surface area (Å²) in [6.45, 7) is 1.11. The molecule has 0 bridgehead atoms. The molecule has 5 nitrogen and oxygen atoms in total. The van der Waals surface area contributed by atoms with E-state index in [2.05, 4.69) is 5.32 Å². The summed E-state index contributed by atoms with van der Waals surface area (Å²) in [5.74, 6) is -0.136. The first-order chi connectivity index (χ1) is 7.65. The van der Waals surface area contributed by atoms with Gasteiger partial charge < -0.3 is 21.3 Å². The Bertz CT molecular complexity index is 223. The van der Waals surface area contributed by atoms with Gasteiger partial charge >= 0.3 is 0 Å². The first-order valence-corrected chi connectivity index (χ1v) is 5.97. The summed E-state index contributed by atoms with van der Waals surface area (Å²) in [7, 11) is 0. The highest BCUT2D eigenvalue weighted by atomic mass is 16.3. The van der Waals surface area contributed by atoms with Crippen LogP contribution >= 0.6 is 0 Å². The summed E-state index contributed by atoms with van der Waals surface area (Å²) in [6.07, 6.45) is 2.06. The molecule has 3 atom stereocenters. The molecule has 0 aromatic rings. The second-order valence-corrected chi connectivity index (χ2v) is 4.41. The number of aliphatic hydroxyl groups excluding tert-OH is 2. The average molecular weight is 230 g/mol. The summed E-state index contributed by atoms with van der Waals surface area (Å²) in [4.78, 5) is 11.6. The Kier molecular flexibility index (Phi) is 5.90. The first kappa shape index (κ1) is 13.6. The lowest BCUT2D eigenvalue weighted by Gasteiger charge is -2.16. The van der Waals surface area contributed by atoms with Crippen LogP contribution in [0.4, 0.5) is 0 Å². The standard InChI is InChI=1S/C11H22N2O3/c12-5-3-1-2-4-10(15)11(16)9-6-8(14)7-13-9/h8-9,11,13-14,16H,1-7,12H2/t8?,9-,11?/m0/s1. The highest BCUT2D eigenvalue weighted by Crippen LogP contribution is 2.13. The highest BCUT2D eigenvalue weighted by Gasteiger charge is 2.31. The van der Waals surface area contributed by atoms with Crippen molar-refractivity contribution in [3.8, 4) is 0 Å². The molecule has 1 saturated heterocycles. The van der Waals surface area contributed by atoms with E-state index < -0.39 is 12.2 Å². The van der Waals surface area contributed by atoms with Gasteiger partial charge in [-0.05, 0) is 25.8 Å². The van der Waals surface area contributed by atoms with Gasteiger partial charge in [-0.1, -0.05) is 6.42 Å². The van der Waals surface area contributed by atoms with Crippen molar-refractivity contribution in [2.24, 2.45) is 5.73 Å². The van der Waals surface area contributed by atoms with Crippen LogP contribution < -0.4 is 11.1 Å². The molecule has 1 aliphatic rings. The quantitative estimate of drug-likeness (QED) is 0.428. The van der Waals surface area contributed by atoms with Gasteiger partial charge in [0.1, 0.15) is 6.10 Å². The Balaban J connectivity index is 2.20. The fourth-order valence-electron chi connectivity index (χ4n) is 1.98. The monoisotopic (exact) mass is 230 g/mol. The van der Waals surface area contributed by atoms with Gasteiger partial charge in [0.25, 0.3) is 0 Å². The van der Waals surface area contributed by atoms with Crippen molar-refractivity contribution >= 4 is 5.78 Å². The number of β-amino-alcohol motifs (C(OH)–C–C–N with tert-alkyl or cyclic N) is 1. The van der Waals surface area contributed by atoms with E-state index in [9.17, 15) is 15.0 Å². The molecular weight excluding hydrogens is 208 g/mol. The molecule has 5 N–H and O–H groups in total. The summed E-state index contributed by atoms with van der Waals surface area (Å²) in [5, 5.41) is 22.0. The molecule has 1 heterocycles. The fourth-order valence-corrected chi connectivity index (χ4v) is 1.98. The molecule has 0 aromatic heterocycles. The van der Waals surface area contributed by atoms with E-state index in [0.717, 1.165) is 19.3 Å². The number of carbonyl (C=O) groups is 1. The molecule has 1 rings (SSSR count). The van der Waals surface area contributed by atoms with Crippen molar-refractivity contribution in [1.82, 2.24) is 5.32 Å². The van der Waals surface area contributed by atoms with Crippen molar-refractivity contribution in [3.63, 3.8) is 0 Å². The number of nitrogens with one attached hydrogen (secondary N) is 1. The minimum atomic E-state index is -0.977. The third-order valence-corrected chi connectivity index (χ3v) is 2.98. The minimum Gasteiger partial charge on any atom is -0.392 e. The number of aliphatic hydroxyl groups is 2. The molecule has 0 aliphatic carbocycles. The Labute approximate surface area is 96.0 Å². The number of ketones is 1. The maximum atomic E-state index is 11.6. The zero-order valence-electron chi connectivity index (χ0n) is 9.56. The number of nitrogens with two attached hydrogens (primary N) is 1. The highest BCUT2D eigenvalue weighted by molar-refractivity contribution is 5.83. The zero-order valence-corrected chi connectivity index (χ0v) is 9.56. The maximum absolute atomic E-state index is 11.6. The molecule has 94 valence electrons. The second-order valence-electron chi connectivity index (χ2n) is 4.41. The third-order valence-electron chi connectivity index (χ3n) is 2.98. The van der Waals surface area contributed by atoms with Crippen LogP contribution in [-0.4, -0.2) is 47.3 Å². The van der Waals surface area contributed by atoms with E-state index in [-0.39, 0.29) is 11.8 Å². The predicted octanol–water partition coefficient (Wildman–Crippen LogP) is -0.842. The topological polar surface area (TPSA) is 95.6 Å². The van der Waals surface area contributed by atoms with E-state index in [1.807, 2.05) is 0 Å². The van der Waals surface area contributed by atoms with E-state index in [0.29, 0.717) is 25.9 Å². The molecule has 2 unspecified atom stereocenters. The Hall–Kier alpha value is -0.490. The Morgan fingerprint density at radius 3 is 2.75 bits per heavy atom. The SMILES string of the molecule is NCCCCCC(=O)C(O)[C@@H]1CC(O)CN1. The summed E-state index contributed by atoms with van der Waals surface area (Å²) in [5.41, 5.74) is 5.35. The number of hydrogen-bond acceptors (Lipinski definition) is 5. The van der Waals surface area contributed by atoms with Gasteiger partial charge in [0.05, 0.1) is 6.10 Å². The van der Waals surface area contributed by atoms with Crippen molar-refractivity contribution in [2.45, 2.75) is 50.4 Å². The smallest absolute Gasteiger partial charge is 0.162 e. The van der Waals surface area contributed by atoms with Gasteiger partial charge in [-0.2, -0.15) is 0 Å². The van der Waals surface area contributed by atoms with Crippen LogP contribution in [0.1, 0.15) is 32.1 Å². The Morgan fingerprint density at radius 1 is 1.44 bits per heavy atom. The molecule has 0 aromatic carbocycles. The predicted molar refractivity (Wildman–Crippen MR) is 61.0 cm³/mol. The molecule has 0 spiro atoms. The lowest BCUT2D eigenvalue weighted by Crippen LogP contribution is -2.40. The van der Waals surface area contributed by atoms with Crippen molar-refractivity contribution in [2.75, 3.05) is 13.1 Å². The van der Waals surface area contributed by atoms with Crippen molar-refractivity contribution in [3.05, 3.63) is 0 Å². The number of Topliss-reactive ketones (excluding diaryl/α,β-unsaturated/α-hetero) is 1. The molecule has 16 heavy (non-hydrogen) atoms. The van der Waals surface area contributed by atoms with Gasteiger partial charge in [-0.3, -0.25) is 4.79 Å². The van der Waals surface area contributed by atoms with Crippen LogP contribution in [0.3, 0.4) is 0 Å². The number of rotatable bonds is 7. The van der Waals surface area contributed by atoms with Crippen LogP contribution in [0.2, 0.25) is 0 Å². The van der Waals surface area contributed by atoms with E-state index in [1.54, 1.807) is 0 Å². The Morgan fingerprint density at radius 2 is 2.19 bits per heavy atom. The maximum Gasteiger partial charge on any atom is 0.162 e. The lowest BCUT2D eigenvalue weighted by atomic mass is 10.0. The lowest BCUT2D eigenvalue weighted by molar-refractivity contribution is -0.128. The molecule has 0 amide bonds. The summed E-state index contributed by atoms with van der Waals surface area (Å²) in [6, 6.07) is -0.281. The number of carbonyl (C=O) groups excluding carboxylic acids is 1. The van der Waals surface area contributed by atoms with Gasteiger partial charge in [0.15, 0.2) is 5.78 Å². The van der Waals surface area contributed by atoms with Crippen LogP contribution in [-0.2, 0) is 4.79 Å². The fraction of sp³-hybridized carbons (Fsp3) is 0.909. The molecule has 0 saturated carbocycles.